The van der Waals surface area contributed by atoms with E-state index >= 15 is 0 Å². The molecule has 1 aromatic rings. The van der Waals surface area contributed by atoms with E-state index < -0.39 is 10.8 Å². The van der Waals surface area contributed by atoms with E-state index in [1.54, 1.807) is 6.26 Å². The molecule has 0 amide bonds. The molecular formula is C17H30IN3OS. The average Bonchev–Trinajstić information content (AvgIpc) is 2.45. The molecule has 1 aromatic carbocycles. The number of benzene rings is 1. The summed E-state index contributed by atoms with van der Waals surface area (Å²) in [7, 11) is -0.938. The standard InChI is InChI=1S/C17H29N3OS.HI/c1-13(2)6-5-7-14(3)20-17(18)19-12-15-8-10-16(11-9-15)22(4)21;/h8-11,13-14H,5-7,12H2,1-4H3,(H3,18,19,20);1H. The second kappa shape index (κ2) is 11.8. The smallest absolute Gasteiger partial charge is 0.189 e. The van der Waals surface area contributed by atoms with Gasteiger partial charge in [-0.3, -0.25) is 4.21 Å². The Labute approximate surface area is 160 Å². The zero-order chi connectivity index (χ0) is 16.5. The highest BCUT2D eigenvalue weighted by Crippen LogP contribution is 2.09. The molecular weight excluding hydrogens is 421 g/mol. The van der Waals surface area contributed by atoms with E-state index in [2.05, 4.69) is 31.1 Å². The molecule has 0 aliphatic heterocycles. The van der Waals surface area contributed by atoms with Gasteiger partial charge in [0.25, 0.3) is 0 Å². The van der Waals surface area contributed by atoms with Crippen LogP contribution < -0.4 is 11.1 Å². The molecule has 2 unspecified atom stereocenters. The van der Waals surface area contributed by atoms with Crippen LogP contribution in [-0.4, -0.2) is 22.5 Å². The van der Waals surface area contributed by atoms with Crippen molar-refractivity contribution in [3.63, 3.8) is 0 Å². The van der Waals surface area contributed by atoms with Gasteiger partial charge in [0.05, 0.1) is 6.54 Å². The Balaban J connectivity index is 0.00000484. The topological polar surface area (TPSA) is 67.5 Å². The lowest BCUT2D eigenvalue weighted by Crippen LogP contribution is -2.38. The highest BCUT2D eigenvalue weighted by Gasteiger charge is 2.04. The first kappa shape index (κ1) is 22.4. The van der Waals surface area contributed by atoms with Gasteiger partial charge >= 0.3 is 0 Å². The van der Waals surface area contributed by atoms with Crippen LogP contribution in [0.2, 0.25) is 0 Å². The third-order valence-electron chi connectivity index (χ3n) is 3.50. The van der Waals surface area contributed by atoms with Crippen molar-refractivity contribution in [1.29, 1.82) is 0 Å². The molecule has 0 heterocycles. The van der Waals surface area contributed by atoms with Crippen LogP contribution in [0.1, 0.15) is 45.6 Å². The van der Waals surface area contributed by atoms with Gasteiger partial charge in [-0.2, -0.15) is 0 Å². The number of hydrogen-bond acceptors (Lipinski definition) is 2. The lowest BCUT2D eigenvalue weighted by molar-refractivity contribution is 0.493. The molecule has 0 radical (unpaired) electrons. The van der Waals surface area contributed by atoms with Gasteiger partial charge in [-0.15, -0.1) is 24.0 Å². The number of nitrogens with zero attached hydrogens (tertiary/aromatic N) is 1. The number of guanidine groups is 1. The number of nitrogens with one attached hydrogen (secondary N) is 1. The molecule has 2 atom stereocenters. The molecule has 0 aliphatic carbocycles. The summed E-state index contributed by atoms with van der Waals surface area (Å²) in [4.78, 5) is 5.19. The summed E-state index contributed by atoms with van der Waals surface area (Å²) in [6.07, 6.45) is 5.23. The van der Waals surface area contributed by atoms with E-state index in [-0.39, 0.29) is 24.0 Å². The molecule has 1 rings (SSSR count). The van der Waals surface area contributed by atoms with Gasteiger partial charge in [0, 0.05) is 28.0 Å². The monoisotopic (exact) mass is 451 g/mol. The fourth-order valence-corrected chi connectivity index (χ4v) is 2.68. The molecule has 0 saturated carbocycles. The first-order chi connectivity index (χ1) is 10.4. The molecule has 3 N–H and O–H groups in total. The van der Waals surface area contributed by atoms with Crippen LogP contribution in [-0.2, 0) is 17.3 Å². The maximum absolute atomic E-state index is 11.3. The summed E-state index contributed by atoms with van der Waals surface area (Å²) in [6, 6.07) is 7.98. The van der Waals surface area contributed by atoms with Crippen LogP contribution in [0.3, 0.4) is 0 Å². The summed E-state index contributed by atoms with van der Waals surface area (Å²) in [5, 5.41) is 3.23. The lowest BCUT2D eigenvalue weighted by atomic mass is 10.0. The van der Waals surface area contributed by atoms with Crippen molar-refractivity contribution in [1.82, 2.24) is 5.32 Å². The third-order valence-corrected chi connectivity index (χ3v) is 4.44. The highest BCUT2D eigenvalue weighted by atomic mass is 127. The van der Waals surface area contributed by atoms with Gasteiger partial charge in [0.15, 0.2) is 5.96 Å². The summed E-state index contributed by atoms with van der Waals surface area (Å²) in [5.74, 6) is 1.24. The molecule has 0 saturated heterocycles. The maximum atomic E-state index is 11.3. The van der Waals surface area contributed by atoms with Gasteiger partial charge in [0.1, 0.15) is 0 Å². The molecule has 0 aliphatic rings. The summed E-state index contributed by atoms with van der Waals surface area (Å²) >= 11 is 0. The number of rotatable bonds is 8. The van der Waals surface area contributed by atoms with Gasteiger partial charge in [-0.05, 0) is 37.0 Å². The number of nitrogens with two attached hydrogens (primary N) is 1. The Kier molecular flexibility index (Phi) is 11.5. The maximum Gasteiger partial charge on any atom is 0.189 e. The first-order valence-electron chi connectivity index (χ1n) is 7.87. The van der Waals surface area contributed by atoms with Crippen molar-refractivity contribution in [3.05, 3.63) is 29.8 Å². The van der Waals surface area contributed by atoms with Gasteiger partial charge in [-0.1, -0.05) is 38.8 Å². The Bertz CT molecular complexity index is 503. The molecule has 6 heteroatoms. The average molecular weight is 451 g/mol. The largest absolute Gasteiger partial charge is 0.370 e. The van der Waals surface area contributed by atoms with Crippen LogP contribution in [0, 0.1) is 5.92 Å². The van der Waals surface area contributed by atoms with Crippen molar-refractivity contribution in [2.45, 2.75) is 57.5 Å². The van der Waals surface area contributed by atoms with Gasteiger partial charge in [0.2, 0.25) is 0 Å². The minimum absolute atomic E-state index is 0. The molecule has 0 aromatic heterocycles. The van der Waals surface area contributed by atoms with E-state index in [9.17, 15) is 4.21 Å². The van der Waals surface area contributed by atoms with E-state index in [0.29, 0.717) is 18.5 Å². The third kappa shape index (κ3) is 9.96. The van der Waals surface area contributed by atoms with Gasteiger partial charge < -0.3 is 11.1 Å². The van der Waals surface area contributed by atoms with E-state index in [4.69, 9.17) is 5.73 Å². The number of halogens is 1. The zero-order valence-electron chi connectivity index (χ0n) is 14.5. The van der Waals surface area contributed by atoms with Crippen LogP contribution in [0.4, 0.5) is 0 Å². The zero-order valence-corrected chi connectivity index (χ0v) is 17.7. The predicted octanol–water partition coefficient (Wildman–Crippen LogP) is 3.66. The minimum atomic E-state index is -0.938. The number of hydrogen-bond donors (Lipinski definition) is 2. The van der Waals surface area contributed by atoms with Crippen molar-refractivity contribution < 1.29 is 4.21 Å². The fraction of sp³-hybridized carbons (Fsp3) is 0.588. The molecule has 132 valence electrons. The van der Waals surface area contributed by atoms with Crippen molar-refractivity contribution in [2.75, 3.05) is 6.26 Å². The predicted molar refractivity (Wildman–Crippen MR) is 111 cm³/mol. The van der Waals surface area contributed by atoms with Gasteiger partial charge in [-0.25, -0.2) is 4.99 Å². The second-order valence-corrected chi connectivity index (χ2v) is 7.55. The van der Waals surface area contributed by atoms with Crippen LogP contribution in [0.25, 0.3) is 0 Å². The fourth-order valence-electron chi connectivity index (χ4n) is 2.17. The van der Waals surface area contributed by atoms with Crippen LogP contribution in [0.5, 0.6) is 0 Å². The molecule has 23 heavy (non-hydrogen) atoms. The van der Waals surface area contributed by atoms with Crippen LogP contribution >= 0.6 is 24.0 Å². The Morgan fingerprint density at radius 1 is 1.22 bits per heavy atom. The van der Waals surface area contributed by atoms with E-state index in [1.807, 2.05) is 24.3 Å². The molecule has 0 bridgehead atoms. The lowest BCUT2D eigenvalue weighted by Gasteiger charge is -2.15. The highest BCUT2D eigenvalue weighted by molar-refractivity contribution is 14.0. The second-order valence-electron chi connectivity index (χ2n) is 6.17. The van der Waals surface area contributed by atoms with E-state index in [1.165, 1.54) is 12.8 Å². The SMILES string of the molecule is CC(C)CCCC(C)NC(N)=NCc1ccc(S(C)=O)cc1.I. The first-order valence-corrected chi connectivity index (χ1v) is 9.43. The van der Waals surface area contributed by atoms with Crippen molar-refractivity contribution in [2.24, 2.45) is 16.6 Å². The molecule has 4 nitrogen and oxygen atoms in total. The summed E-state index contributed by atoms with van der Waals surface area (Å²) in [5.41, 5.74) is 6.98. The molecule has 0 fully saturated rings. The van der Waals surface area contributed by atoms with Crippen LogP contribution in [0.15, 0.2) is 34.2 Å². The Hall–Kier alpha value is -0.630. The van der Waals surface area contributed by atoms with Crippen molar-refractivity contribution >= 4 is 40.7 Å². The Morgan fingerprint density at radius 3 is 2.35 bits per heavy atom. The summed E-state index contributed by atoms with van der Waals surface area (Å²) in [6.45, 7) is 7.16. The quantitative estimate of drug-likeness (QED) is 0.360. The minimum Gasteiger partial charge on any atom is -0.370 e. The normalized spacial score (nSPS) is 14.2. The molecule has 0 spiro atoms. The Morgan fingerprint density at radius 2 is 1.83 bits per heavy atom. The van der Waals surface area contributed by atoms with Crippen molar-refractivity contribution in [3.8, 4) is 0 Å². The summed E-state index contributed by atoms with van der Waals surface area (Å²) < 4.78 is 11.3. The number of aliphatic imine (C=N–C) groups is 1. The van der Waals surface area contributed by atoms with E-state index in [0.717, 1.165) is 22.8 Å².